The van der Waals surface area contributed by atoms with E-state index < -0.39 is 5.97 Å². The number of hydrogen-bond donors (Lipinski definition) is 0. The summed E-state index contributed by atoms with van der Waals surface area (Å²) in [6, 6.07) is 5.15. The van der Waals surface area contributed by atoms with E-state index >= 15 is 0 Å². The van der Waals surface area contributed by atoms with Crippen LogP contribution in [0.25, 0.3) is 11.3 Å². The number of fused-ring (bicyclic) bond motifs is 3. The second kappa shape index (κ2) is 9.47. The molecule has 0 N–H and O–H groups in total. The molecule has 2 aromatic rings. The van der Waals surface area contributed by atoms with Crippen LogP contribution in [0.4, 0.5) is 0 Å². The Morgan fingerprint density at radius 1 is 1.13 bits per heavy atom. The Balaban J connectivity index is 2.17. The van der Waals surface area contributed by atoms with Crippen LogP contribution in [0.2, 0.25) is 0 Å². The van der Waals surface area contributed by atoms with Crippen molar-refractivity contribution in [2.75, 3.05) is 27.4 Å². The standard InChI is InChI=1S/C24H29NO6/c1-14(2)20-9-16-10-23(31-8-6-7-29-4)18(24(28)30-5)11-17(16)21-12-22(27)19(15(3)26)13-25(20)21/h10-14,20H,6-9H2,1-5H3/t20-/m1/s1. The lowest BCUT2D eigenvalue weighted by atomic mass is 9.86. The number of methoxy groups -OCH3 is 2. The molecule has 31 heavy (non-hydrogen) atoms. The molecule has 0 fully saturated rings. The zero-order chi connectivity index (χ0) is 22.7. The molecule has 0 saturated carbocycles. The van der Waals surface area contributed by atoms with Gasteiger partial charge in [0.2, 0.25) is 0 Å². The van der Waals surface area contributed by atoms with Crippen molar-refractivity contribution >= 4 is 11.8 Å². The van der Waals surface area contributed by atoms with Crippen molar-refractivity contribution in [2.45, 2.75) is 39.7 Å². The fourth-order valence-corrected chi connectivity index (χ4v) is 3.99. The average Bonchev–Trinajstić information content (AvgIpc) is 2.74. The third kappa shape index (κ3) is 4.56. The SMILES string of the molecule is COCCCOc1cc2c(cc1C(=O)OC)-c1cc(=O)c(C(C)=O)cn1[C@@H](C(C)C)C2. The first kappa shape index (κ1) is 22.7. The highest BCUT2D eigenvalue weighted by Gasteiger charge is 2.29. The first-order valence-electron chi connectivity index (χ1n) is 10.4. The molecule has 1 aromatic carbocycles. The van der Waals surface area contributed by atoms with Gasteiger partial charge in [0.05, 0.1) is 25.0 Å². The van der Waals surface area contributed by atoms with Gasteiger partial charge < -0.3 is 18.8 Å². The van der Waals surface area contributed by atoms with Crippen molar-refractivity contribution in [3.05, 3.63) is 51.3 Å². The molecule has 0 unspecified atom stereocenters. The summed E-state index contributed by atoms with van der Waals surface area (Å²) >= 11 is 0. The Morgan fingerprint density at radius 2 is 1.87 bits per heavy atom. The first-order valence-corrected chi connectivity index (χ1v) is 10.4. The highest BCUT2D eigenvalue weighted by atomic mass is 16.5. The molecule has 166 valence electrons. The summed E-state index contributed by atoms with van der Waals surface area (Å²) in [6.07, 6.45) is 3.03. The van der Waals surface area contributed by atoms with E-state index in [0.29, 0.717) is 43.1 Å². The first-order chi connectivity index (χ1) is 14.8. The van der Waals surface area contributed by atoms with Crippen molar-refractivity contribution in [1.29, 1.82) is 0 Å². The molecule has 0 amide bonds. The summed E-state index contributed by atoms with van der Waals surface area (Å²) in [7, 11) is 2.95. The molecule has 0 aliphatic carbocycles. The number of rotatable bonds is 8. The molecule has 1 aliphatic rings. The number of hydrogen-bond acceptors (Lipinski definition) is 6. The third-order valence-corrected chi connectivity index (χ3v) is 5.65. The fraction of sp³-hybridized carbons (Fsp3) is 0.458. The Kier molecular flexibility index (Phi) is 6.95. The van der Waals surface area contributed by atoms with E-state index in [1.807, 2.05) is 10.6 Å². The Labute approximate surface area is 181 Å². The van der Waals surface area contributed by atoms with Gasteiger partial charge >= 0.3 is 5.97 Å². The van der Waals surface area contributed by atoms with Crippen LogP contribution in [0.15, 0.2) is 29.2 Å². The molecule has 1 atom stereocenters. The number of benzene rings is 1. The summed E-state index contributed by atoms with van der Waals surface area (Å²) in [4.78, 5) is 37.0. The van der Waals surface area contributed by atoms with Gasteiger partial charge in [-0.1, -0.05) is 13.8 Å². The van der Waals surface area contributed by atoms with Gasteiger partial charge in [-0.3, -0.25) is 9.59 Å². The second-order valence-corrected chi connectivity index (χ2v) is 8.11. The van der Waals surface area contributed by atoms with Gasteiger partial charge in [0.1, 0.15) is 11.3 Å². The number of carbonyl (C=O) groups excluding carboxylic acids is 2. The highest BCUT2D eigenvalue weighted by molar-refractivity contribution is 5.96. The summed E-state index contributed by atoms with van der Waals surface area (Å²) in [5.74, 6) is -0.0469. The van der Waals surface area contributed by atoms with E-state index in [9.17, 15) is 14.4 Å². The van der Waals surface area contributed by atoms with Gasteiger partial charge in [-0.15, -0.1) is 0 Å². The van der Waals surface area contributed by atoms with Gasteiger partial charge in [0.25, 0.3) is 0 Å². The maximum absolute atomic E-state index is 12.6. The fourth-order valence-electron chi connectivity index (χ4n) is 3.99. The smallest absolute Gasteiger partial charge is 0.341 e. The van der Waals surface area contributed by atoms with Crippen LogP contribution in [-0.4, -0.2) is 43.8 Å². The molecule has 0 radical (unpaired) electrons. The van der Waals surface area contributed by atoms with E-state index in [0.717, 1.165) is 11.1 Å². The molecule has 0 bridgehead atoms. The Hall–Kier alpha value is -2.93. The van der Waals surface area contributed by atoms with Crippen molar-refractivity contribution in [3.63, 3.8) is 0 Å². The van der Waals surface area contributed by atoms with Gasteiger partial charge in [0, 0.05) is 44.0 Å². The molecule has 0 saturated heterocycles. The van der Waals surface area contributed by atoms with Gasteiger partial charge in [0.15, 0.2) is 11.2 Å². The molecule has 7 nitrogen and oxygen atoms in total. The van der Waals surface area contributed by atoms with Crippen molar-refractivity contribution < 1.29 is 23.8 Å². The van der Waals surface area contributed by atoms with Crippen LogP contribution in [-0.2, 0) is 15.9 Å². The lowest BCUT2D eigenvalue weighted by Gasteiger charge is -2.34. The minimum atomic E-state index is -0.509. The average molecular weight is 427 g/mol. The zero-order valence-corrected chi connectivity index (χ0v) is 18.7. The topological polar surface area (TPSA) is 83.8 Å². The van der Waals surface area contributed by atoms with Crippen molar-refractivity contribution in [3.8, 4) is 17.0 Å². The molecule has 3 rings (SSSR count). The normalized spacial score (nSPS) is 14.7. The van der Waals surface area contributed by atoms with Gasteiger partial charge in [-0.25, -0.2) is 4.79 Å². The molecular formula is C24H29NO6. The molecule has 7 heteroatoms. The molecule has 1 aliphatic heterocycles. The van der Waals surface area contributed by atoms with E-state index in [2.05, 4.69) is 13.8 Å². The highest BCUT2D eigenvalue weighted by Crippen LogP contribution is 2.40. The third-order valence-electron chi connectivity index (χ3n) is 5.65. The van der Waals surface area contributed by atoms with Crippen LogP contribution in [0.3, 0.4) is 0 Å². The number of nitrogens with zero attached hydrogens (tertiary/aromatic N) is 1. The second-order valence-electron chi connectivity index (χ2n) is 8.11. The number of Topliss-reactive ketones (excluding diaryl/α,β-unsaturated/α-hetero) is 1. The van der Waals surface area contributed by atoms with E-state index in [-0.39, 0.29) is 28.7 Å². The number of esters is 1. The molecule has 2 heterocycles. The van der Waals surface area contributed by atoms with E-state index in [1.54, 1.807) is 19.4 Å². The van der Waals surface area contributed by atoms with Gasteiger partial charge in [-0.05, 0) is 37.0 Å². The molecular weight excluding hydrogens is 398 g/mol. The van der Waals surface area contributed by atoms with Crippen LogP contribution < -0.4 is 10.2 Å². The summed E-state index contributed by atoms with van der Waals surface area (Å²) in [5.41, 5.74) is 2.59. The largest absolute Gasteiger partial charge is 0.493 e. The predicted octanol–water partition coefficient (Wildman–Crippen LogP) is 3.67. The molecule has 0 spiro atoms. The Morgan fingerprint density at radius 3 is 2.48 bits per heavy atom. The number of ether oxygens (including phenoxy) is 3. The summed E-state index contributed by atoms with van der Waals surface area (Å²) in [5, 5.41) is 0. The maximum Gasteiger partial charge on any atom is 0.341 e. The van der Waals surface area contributed by atoms with E-state index in [4.69, 9.17) is 14.2 Å². The van der Waals surface area contributed by atoms with Crippen LogP contribution in [0, 0.1) is 5.92 Å². The quantitative estimate of drug-likeness (QED) is 0.363. The predicted molar refractivity (Wildman–Crippen MR) is 117 cm³/mol. The monoisotopic (exact) mass is 427 g/mol. The van der Waals surface area contributed by atoms with Crippen LogP contribution >= 0.6 is 0 Å². The minimum absolute atomic E-state index is 0.0616. The number of ketones is 1. The number of aromatic nitrogens is 1. The molecule has 1 aromatic heterocycles. The van der Waals surface area contributed by atoms with Crippen molar-refractivity contribution in [2.24, 2.45) is 5.92 Å². The summed E-state index contributed by atoms with van der Waals surface area (Å²) in [6.45, 7) is 6.57. The lowest BCUT2D eigenvalue weighted by molar-refractivity contribution is 0.0595. The van der Waals surface area contributed by atoms with Crippen LogP contribution in [0.1, 0.15) is 59.5 Å². The van der Waals surface area contributed by atoms with Gasteiger partial charge in [-0.2, -0.15) is 0 Å². The minimum Gasteiger partial charge on any atom is -0.493 e. The zero-order valence-electron chi connectivity index (χ0n) is 18.7. The van der Waals surface area contributed by atoms with E-state index in [1.165, 1.54) is 20.1 Å². The number of carbonyl (C=O) groups is 2. The van der Waals surface area contributed by atoms with Crippen LogP contribution in [0.5, 0.6) is 5.75 Å². The Bertz CT molecular complexity index is 1050. The lowest BCUT2D eigenvalue weighted by Crippen LogP contribution is -2.28. The van der Waals surface area contributed by atoms with Crippen molar-refractivity contribution in [1.82, 2.24) is 4.57 Å². The summed E-state index contributed by atoms with van der Waals surface area (Å²) < 4.78 is 17.9. The maximum atomic E-state index is 12.6. The number of pyridine rings is 1.